The molecule has 4 nitrogen and oxygen atoms in total. The van der Waals surface area contributed by atoms with Crippen LogP contribution in [0.2, 0.25) is 0 Å². The zero-order chi connectivity index (χ0) is 25.2. The number of carbonyl (C=O) groups excluding carboxylic acids is 1. The van der Waals surface area contributed by atoms with Gasteiger partial charge in [0.05, 0.1) is 0 Å². The van der Waals surface area contributed by atoms with Crippen molar-refractivity contribution in [3.8, 4) is 28.2 Å². The van der Waals surface area contributed by atoms with Crippen molar-refractivity contribution in [1.29, 1.82) is 0 Å². The minimum absolute atomic E-state index is 0.189. The molecule has 0 N–H and O–H groups in total. The van der Waals surface area contributed by atoms with E-state index >= 15 is 0 Å². The zero-order valence-corrected chi connectivity index (χ0v) is 20.1. The van der Waals surface area contributed by atoms with Gasteiger partial charge in [0.1, 0.15) is 0 Å². The first kappa shape index (κ1) is 22.4. The summed E-state index contributed by atoms with van der Waals surface area (Å²) in [6, 6.07) is 39.8. The van der Waals surface area contributed by atoms with Crippen LogP contribution >= 0.6 is 0 Å². The molecule has 4 heteroatoms. The van der Waals surface area contributed by atoms with Gasteiger partial charge in [0.2, 0.25) is 11.6 Å². The fraction of sp³-hybridized carbons (Fsp3) is 0. The van der Waals surface area contributed by atoms with E-state index in [-0.39, 0.29) is 11.6 Å². The SMILES string of the molecule is C=Cc1ccc(-n2c(C(=O)c3ccc(-c4ccccc4)cc3)nnc2-c2cccc3ccccc23)cc1. The lowest BCUT2D eigenvalue weighted by atomic mass is 10.0. The van der Waals surface area contributed by atoms with Crippen LogP contribution in [0.25, 0.3) is 45.1 Å². The molecule has 0 aliphatic carbocycles. The molecule has 1 aromatic heterocycles. The summed E-state index contributed by atoms with van der Waals surface area (Å²) in [5, 5.41) is 11.1. The van der Waals surface area contributed by atoms with E-state index in [1.165, 1.54) is 0 Å². The molecule has 0 aliphatic rings. The molecule has 1 heterocycles. The van der Waals surface area contributed by atoms with Gasteiger partial charge >= 0.3 is 0 Å². The van der Waals surface area contributed by atoms with Crippen LogP contribution in [0.1, 0.15) is 21.7 Å². The first-order valence-electron chi connectivity index (χ1n) is 12.1. The fourth-order valence-corrected chi connectivity index (χ4v) is 4.60. The van der Waals surface area contributed by atoms with Crippen molar-refractivity contribution in [3.05, 3.63) is 145 Å². The molecule has 37 heavy (non-hydrogen) atoms. The van der Waals surface area contributed by atoms with Crippen molar-refractivity contribution < 1.29 is 4.79 Å². The minimum Gasteiger partial charge on any atom is -0.285 e. The first-order valence-corrected chi connectivity index (χ1v) is 12.1. The van der Waals surface area contributed by atoms with E-state index < -0.39 is 0 Å². The standard InChI is InChI=1S/C33H23N3O/c1-2-23-15-21-28(22-16-23)36-32(30-14-8-12-26-11-6-7-13-29(26)30)34-35-33(36)31(37)27-19-17-25(18-20-27)24-9-4-3-5-10-24/h2-22H,1H2. The molecule has 6 rings (SSSR count). The largest absolute Gasteiger partial charge is 0.285 e. The maximum atomic E-state index is 13.8. The van der Waals surface area contributed by atoms with Crippen molar-refractivity contribution in [3.63, 3.8) is 0 Å². The van der Waals surface area contributed by atoms with Gasteiger partial charge in [-0.2, -0.15) is 0 Å². The van der Waals surface area contributed by atoms with Gasteiger partial charge in [0.15, 0.2) is 5.82 Å². The first-order chi connectivity index (χ1) is 18.2. The number of aromatic nitrogens is 3. The van der Waals surface area contributed by atoms with E-state index in [9.17, 15) is 4.79 Å². The third-order valence-corrected chi connectivity index (χ3v) is 6.54. The van der Waals surface area contributed by atoms with E-state index in [1.807, 2.05) is 95.6 Å². The van der Waals surface area contributed by atoms with Crippen LogP contribution in [0.5, 0.6) is 0 Å². The van der Waals surface area contributed by atoms with Gasteiger partial charge in [0.25, 0.3) is 0 Å². The maximum absolute atomic E-state index is 13.8. The van der Waals surface area contributed by atoms with Gasteiger partial charge < -0.3 is 0 Å². The normalized spacial score (nSPS) is 10.9. The van der Waals surface area contributed by atoms with E-state index in [2.05, 4.69) is 47.1 Å². The molecule has 0 bridgehead atoms. The van der Waals surface area contributed by atoms with Gasteiger partial charge in [-0.25, -0.2) is 0 Å². The highest BCUT2D eigenvalue weighted by atomic mass is 16.1. The van der Waals surface area contributed by atoms with Crippen LogP contribution in [0, 0.1) is 0 Å². The number of nitrogens with zero attached hydrogens (tertiary/aromatic N) is 3. The van der Waals surface area contributed by atoms with E-state index in [0.29, 0.717) is 11.4 Å². The van der Waals surface area contributed by atoms with Crippen molar-refractivity contribution in [2.45, 2.75) is 0 Å². The average Bonchev–Trinajstić information content (AvgIpc) is 3.42. The smallest absolute Gasteiger partial charge is 0.230 e. The molecule has 5 aromatic carbocycles. The third-order valence-electron chi connectivity index (χ3n) is 6.54. The lowest BCUT2D eigenvalue weighted by Crippen LogP contribution is -2.11. The fourth-order valence-electron chi connectivity index (χ4n) is 4.60. The van der Waals surface area contributed by atoms with Crippen LogP contribution in [-0.4, -0.2) is 20.5 Å². The Morgan fingerprint density at radius 3 is 2.11 bits per heavy atom. The predicted octanol–water partition coefficient (Wildman–Crippen LogP) is 7.63. The van der Waals surface area contributed by atoms with Crippen LogP contribution in [0.3, 0.4) is 0 Å². The molecule has 0 aliphatic heterocycles. The average molecular weight is 478 g/mol. The summed E-state index contributed by atoms with van der Waals surface area (Å²) < 4.78 is 1.85. The Labute approximate surface area is 215 Å². The Kier molecular flexibility index (Phi) is 5.75. The van der Waals surface area contributed by atoms with Gasteiger partial charge in [-0.3, -0.25) is 9.36 Å². The lowest BCUT2D eigenvalue weighted by Gasteiger charge is -2.12. The highest BCUT2D eigenvalue weighted by Crippen LogP contribution is 2.31. The Morgan fingerprint density at radius 1 is 0.676 bits per heavy atom. The van der Waals surface area contributed by atoms with Crippen LogP contribution in [0.4, 0.5) is 0 Å². The summed E-state index contributed by atoms with van der Waals surface area (Å²) in [4.78, 5) is 13.8. The van der Waals surface area contributed by atoms with Gasteiger partial charge in [-0.1, -0.05) is 122 Å². The summed E-state index contributed by atoms with van der Waals surface area (Å²) in [6.45, 7) is 3.85. The van der Waals surface area contributed by atoms with Crippen molar-refractivity contribution in [2.75, 3.05) is 0 Å². The Balaban J connectivity index is 1.49. The molecule has 0 spiro atoms. The number of benzene rings is 5. The number of hydrogen-bond acceptors (Lipinski definition) is 3. The number of fused-ring (bicyclic) bond motifs is 1. The lowest BCUT2D eigenvalue weighted by molar-refractivity contribution is 0.102. The Hall–Kier alpha value is -5.09. The van der Waals surface area contributed by atoms with E-state index in [0.717, 1.165) is 38.7 Å². The molecular weight excluding hydrogens is 454 g/mol. The van der Waals surface area contributed by atoms with Gasteiger partial charge in [-0.15, -0.1) is 10.2 Å². The van der Waals surface area contributed by atoms with Crippen molar-refractivity contribution in [1.82, 2.24) is 14.8 Å². The maximum Gasteiger partial charge on any atom is 0.230 e. The second kappa shape index (κ2) is 9.51. The number of rotatable bonds is 6. The monoisotopic (exact) mass is 477 g/mol. The summed E-state index contributed by atoms with van der Waals surface area (Å²) >= 11 is 0. The second-order valence-electron chi connectivity index (χ2n) is 8.78. The van der Waals surface area contributed by atoms with Crippen molar-refractivity contribution >= 4 is 22.6 Å². The molecule has 176 valence electrons. The Bertz CT molecular complexity index is 1730. The molecule has 6 aromatic rings. The molecular formula is C33H23N3O. The number of hydrogen-bond donors (Lipinski definition) is 0. The molecule has 0 unspecified atom stereocenters. The molecule has 0 fully saturated rings. The number of carbonyl (C=O) groups is 1. The highest BCUT2D eigenvalue weighted by molar-refractivity contribution is 6.08. The molecule has 0 amide bonds. The second-order valence-corrected chi connectivity index (χ2v) is 8.78. The van der Waals surface area contributed by atoms with Crippen molar-refractivity contribution in [2.24, 2.45) is 0 Å². The summed E-state index contributed by atoms with van der Waals surface area (Å²) in [7, 11) is 0. The number of ketones is 1. The summed E-state index contributed by atoms with van der Waals surface area (Å²) in [5.41, 5.74) is 5.42. The molecule has 0 radical (unpaired) electrons. The Morgan fingerprint density at radius 2 is 1.35 bits per heavy atom. The topological polar surface area (TPSA) is 47.8 Å². The van der Waals surface area contributed by atoms with Crippen LogP contribution < -0.4 is 0 Å². The highest BCUT2D eigenvalue weighted by Gasteiger charge is 2.23. The van der Waals surface area contributed by atoms with E-state index in [1.54, 1.807) is 6.08 Å². The van der Waals surface area contributed by atoms with Gasteiger partial charge in [0, 0.05) is 16.8 Å². The molecule has 0 saturated heterocycles. The minimum atomic E-state index is -0.189. The zero-order valence-electron chi connectivity index (χ0n) is 20.1. The molecule has 0 atom stereocenters. The van der Waals surface area contributed by atoms with Gasteiger partial charge in [-0.05, 0) is 39.6 Å². The third kappa shape index (κ3) is 4.15. The predicted molar refractivity (Wildman–Crippen MR) is 150 cm³/mol. The molecule has 0 saturated carbocycles. The summed E-state index contributed by atoms with van der Waals surface area (Å²) in [6.07, 6.45) is 1.79. The van der Waals surface area contributed by atoms with E-state index in [4.69, 9.17) is 0 Å². The summed E-state index contributed by atoms with van der Waals surface area (Å²) in [5.74, 6) is 0.695. The van der Waals surface area contributed by atoms with Crippen LogP contribution in [-0.2, 0) is 0 Å². The van der Waals surface area contributed by atoms with Crippen LogP contribution in [0.15, 0.2) is 128 Å². The quantitative estimate of drug-likeness (QED) is 0.232.